The first-order chi connectivity index (χ1) is 9.33. The van der Waals surface area contributed by atoms with Crippen LogP contribution >= 0.6 is 0 Å². The molecule has 0 saturated heterocycles. The molecule has 1 atom stereocenters. The third kappa shape index (κ3) is 3.57. The maximum absolute atomic E-state index is 12.2. The van der Waals surface area contributed by atoms with E-state index in [1.54, 1.807) is 32.0 Å². The lowest BCUT2D eigenvalue weighted by Gasteiger charge is -2.23. The van der Waals surface area contributed by atoms with Gasteiger partial charge in [0.25, 0.3) is 0 Å². The lowest BCUT2D eigenvalue weighted by Crippen LogP contribution is -2.48. The number of rotatable bonds is 5. The van der Waals surface area contributed by atoms with Gasteiger partial charge in [-0.1, -0.05) is 19.4 Å². The van der Waals surface area contributed by atoms with Crippen molar-refractivity contribution in [2.75, 3.05) is 12.4 Å². The molecule has 1 rings (SSSR count). The van der Waals surface area contributed by atoms with Crippen LogP contribution in [0, 0.1) is 6.92 Å². The van der Waals surface area contributed by atoms with Gasteiger partial charge in [-0.15, -0.1) is 0 Å². The van der Waals surface area contributed by atoms with Crippen LogP contribution in [0.1, 0.15) is 42.6 Å². The highest BCUT2D eigenvalue weighted by molar-refractivity contribution is 6.00. The van der Waals surface area contributed by atoms with Gasteiger partial charge in [-0.3, -0.25) is 4.79 Å². The summed E-state index contributed by atoms with van der Waals surface area (Å²) in [6, 6.07) is 5.09. The van der Waals surface area contributed by atoms with Crippen molar-refractivity contribution in [2.24, 2.45) is 5.73 Å². The van der Waals surface area contributed by atoms with Crippen molar-refractivity contribution in [3.05, 3.63) is 29.3 Å². The van der Waals surface area contributed by atoms with Gasteiger partial charge in [0.2, 0.25) is 5.91 Å². The lowest BCUT2D eigenvalue weighted by atomic mass is 9.96. The predicted molar refractivity (Wildman–Crippen MR) is 78.6 cm³/mol. The van der Waals surface area contributed by atoms with Gasteiger partial charge in [0.1, 0.15) is 0 Å². The van der Waals surface area contributed by atoms with Gasteiger partial charge in [-0.05, 0) is 38.0 Å². The minimum atomic E-state index is -0.928. The van der Waals surface area contributed by atoms with Crippen LogP contribution in [-0.2, 0) is 9.53 Å². The first-order valence-corrected chi connectivity index (χ1v) is 6.61. The Morgan fingerprint density at radius 2 is 2.05 bits per heavy atom. The first-order valence-electron chi connectivity index (χ1n) is 6.61. The van der Waals surface area contributed by atoms with Gasteiger partial charge in [0.15, 0.2) is 0 Å². The fourth-order valence-corrected chi connectivity index (χ4v) is 2.00. The average molecular weight is 278 g/mol. The Bertz CT molecular complexity index is 510. The largest absolute Gasteiger partial charge is 0.465 e. The van der Waals surface area contributed by atoms with Crippen molar-refractivity contribution >= 4 is 17.6 Å². The molecule has 1 amide bonds. The van der Waals surface area contributed by atoms with E-state index in [4.69, 9.17) is 10.5 Å². The monoisotopic (exact) mass is 278 g/mol. The van der Waals surface area contributed by atoms with E-state index >= 15 is 0 Å². The molecule has 1 unspecified atom stereocenters. The number of anilines is 1. The second kappa shape index (κ2) is 6.52. The molecule has 0 saturated carbocycles. The van der Waals surface area contributed by atoms with Crippen LogP contribution in [-0.4, -0.2) is 24.5 Å². The third-order valence-electron chi connectivity index (χ3n) is 3.28. The summed E-state index contributed by atoms with van der Waals surface area (Å²) < 4.78 is 4.71. The van der Waals surface area contributed by atoms with Crippen LogP contribution in [0.4, 0.5) is 5.69 Å². The molecule has 0 bridgehead atoms. The number of amides is 1. The first kappa shape index (κ1) is 16.2. The molecule has 0 aliphatic heterocycles. The molecular weight excluding hydrogens is 256 g/mol. The fourth-order valence-electron chi connectivity index (χ4n) is 2.00. The Hall–Kier alpha value is -1.88. The van der Waals surface area contributed by atoms with Crippen LogP contribution < -0.4 is 11.1 Å². The molecule has 5 heteroatoms. The zero-order valence-electron chi connectivity index (χ0n) is 12.4. The van der Waals surface area contributed by atoms with Gasteiger partial charge in [-0.2, -0.15) is 0 Å². The Balaban J connectivity index is 2.99. The fraction of sp³-hybridized carbons (Fsp3) is 0.467. The number of carbonyl (C=O) groups is 2. The highest BCUT2D eigenvalue weighted by atomic mass is 16.5. The number of nitrogens with two attached hydrogens (primary N) is 1. The predicted octanol–water partition coefficient (Wildman–Crippen LogP) is 2.24. The minimum Gasteiger partial charge on any atom is -0.465 e. The third-order valence-corrected chi connectivity index (χ3v) is 3.28. The zero-order chi connectivity index (χ0) is 15.3. The minimum absolute atomic E-state index is 0.260. The standard InChI is InChI=1S/C15H22N2O3/c1-5-9-15(3,16)14(19)17-12-8-6-7-11(10(12)2)13(18)20-4/h6-8H,5,9,16H2,1-4H3,(H,17,19). The molecule has 1 aromatic carbocycles. The summed E-state index contributed by atoms with van der Waals surface area (Å²) >= 11 is 0. The topological polar surface area (TPSA) is 81.4 Å². The smallest absolute Gasteiger partial charge is 0.338 e. The Labute approximate surface area is 119 Å². The summed E-state index contributed by atoms with van der Waals surface area (Å²) in [5.74, 6) is -0.688. The summed E-state index contributed by atoms with van der Waals surface area (Å²) in [5, 5.41) is 2.78. The van der Waals surface area contributed by atoms with Gasteiger partial charge < -0.3 is 15.8 Å². The number of methoxy groups -OCH3 is 1. The van der Waals surface area contributed by atoms with E-state index in [2.05, 4.69) is 5.32 Å². The number of hydrogen-bond acceptors (Lipinski definition) is 4. The molecule has 20 heavy (non-hydrogen) atoms. The maximum Gasteiger partial charge on any atom is 0.338 e. The van der Waals surface area contributed by atoms with E-state index in [-0.39, 0.29) is 5.91 Å². The van der Waals surface area contributed by atoms with Crippen molar-refractivity contribution in [1.82, 2.24) is 0 Å². The average Bonchev–Trinajstić information content (AvgIpc) is 2.40. The SMILES string of the molecule is CCCC(C)(N)C(=O)Nc1cccc(C(=O)OC)c1C. The summed E-state index contributed by atoms with van der Waals surface area (Å²) in [6.07, 6.45) is 1.41. The van der Waals surface area contributed by atoms with Gasteiger partial charge >= 0.3 is 5.97 Å². The molecule has 0 aromatic heterocycles. The molecule has 0 aliphatic carbocycles. The Morgan fingerprint density at radius 3 is 2.60 bits per heavy atom. The molecule has 110 valence electrons. The summed E-state index contributed by atoms with van der Waals surface area (Å²) in [7, 11) is 1.32. The molecule has 0 aliphatic rings. The van der Waals surface area contributed by atoms with Crippen molar-refractivity contribution in [3.8, 4) is 0 Å². The molecule has 5 nitrogen and oxygen atoms in total. The summed E-state index contributed by atoms with van der Waals surface area (Å²) in [4.78, 5) is 23.8. The van der Waals surface area contributed by atoms with Gasteiger partial charge in [0.05, 0.1) is 18.2 Å². The molecule has 0 heterocycles. The normalized spacial score (nSPS) is 13.4. The highest BCUT2D eigenvalue weighted by Crippen LogP contribution is 2.21. The summed E-state index contributed by atoms with van der Waals surface area (Å²) in [6.45, 7) is 5.43. The van der Waals surface area contributed by atoms with Crippen molar-refractivity contribution in [1.29, 1.82) is 0 Å². The van der Waals surface area contributed by atoms with E-state index < -0.39 is 11.5 Å². The van der Waals surface area contributed by atoms with Crippen LogP contribution in [0.15, 0.2) is 18.2 Å². The zero-order valence-corrected chi connectivity index (χ0v) is 12.4. The molecule has 0 radical (unpaired) electrons. The van der Waals surface area contributed by atoms with E-state index in [1.807, 2.05) is 6.92 Å². The Morgan fingerprint density at radius 1 is 1.40 bits per heavy atom. The number of ether oxygens (including phenoxy) is 1. The van der Waals surface area contributed by atoms with Crippen molar-refractivity contribution < 1.29 is 14.3 Å². The van der Waals surface area contributed by atoms with Gasteiger partial charge in [0, 0.05) is 5.69 Å². The number of carbonyl (C=O) groups excluding carboxylic acids is 2. The molecule has 3 N–H and O–H groups in total. The summed E-state index contributed by atoms with van der Waals surface area (Å²) in [5.41, 5.74) is 6.73. The van der Waals surface area contributed by atoms with Crippen LogP contribution in [0.3, 0.4) is 0 Å². The van der Waals surface area contributed by atoms with E-state index in [1.165, 1.54) is 7.11 Å². The van der Waals surface area contributed by atoms with E-state index in [0.29, 0.717) is 23.2 Å². The molecule has 1 aromatic rings. The number of benzene rings is 1. The van der Waals surface area contributed by atoms with Crippen LogP contribution in [0.5, 0.6) is 0 Å². The van der Waals surface area contributed by atoms with Crippen molar-refractivity contribution in [2.45, 2.75) is 39.2 Å². The highest BCUT2D eigenvalue weighted by Gasteiger charge is 2.27. The van der Waals surface area contributed by atoms with E-state index in [0.717, 1.165) is 6.42 Å². The Kier molecular flexibility index (Phi) is 5.27. The maximum atomic E-state index is 12.2. The number of nitrogens with one attached hydrogen (secondary N) is 1. The van der Waals surface area contributed by atoms with Crippen LogP contribution in [0.2, 0.25) is 0 Å². The van der Waals surface area contributed by atoms with Gasteiger partial charge in [-0.25, -0.2) is 4.79 Å². The van der Waals surface area contributed by atoms with Crippen molar-refractivity contribution in [3.63, 3.8) is 0 Å². The number of hydrogen-bond donors (Lipinski definition) is 2. The molecule has 0 fully saturated rings. The van der Waals surface area contributed by atoms with E-state index in [9.17, 15) is 9.59 Å². The second-order valence-electron chi connectivity index (χ2n) is 5.09. The quantitative estimate of drug-likeness (QED) is 0.809. The lowest BCUT2D eigenvalue weighted by molar-refractivity contribution is -0.120. The van der Waals surface area contributed by atoms with Crippen LogP contribution in [0.25, 0.3) is 0 Å². The molecule has 0 spiro atoms. The molecular formula is C15H22N2O3. The second-order valence-corrected chi connectivity index (χ2v) is 5.09. The number of esters is 1.